The molecule has 2 unspecified atom stereocenters. The number of carbonyl (C=O) groups is 2. The zero-order valence-electron chi connectivity index (χ0n) is 20.5. The lowest BCUT2D eigenvalue weighted by Crippen LogP contribution is -2.86. The number of hydrogen-bond donors (Lipinski definition) is 5. The third-order valence-electron chi connectivity index (χ3n) is 7.06. The number of carboxylic acids is 1. The molecule has 190 valence electrons. The van der Waals surface area contributed by atoms with E-state index in [2.05, 4.69) is 27.8 Å². The number of nitrogens with two attached hydrogens (primary N) is 1. The molecule has 1 aromatic carbocycles. The van der Waals surface area contributed by atoms with Crippen molar-refractivity contribution >= 4 is 29.9 Å². The topological polar surface area (TPSA) is 144 Å². The molecule has 36 heavy (non-hydrogen) atoms. The number of carbonyl (C=O) groups excluding carboxylic acids is 1. The fourth-order valence-electron chi connectivity index (χ4n) is 4.73. The molecular weight excluding hydrogens is 456 g/mol. The van der Waals surface area contributed by atoms with Crippen LogP contribution in [-0.2, 0) is 22.4 Å². The van der Waals surface area contributed by atoms with Gasteiger partial charge in [0.15, 0.2) is 12.2 Å². The zero-order valence-corrected chi connectivity index (χ0v) is 20.5. The number of amides is 1. The second-order valence-electron chi connectivity index (χ2n) is 9.60. The van der Waals surface area contributed by atoms with Crippen LogP contribution in [0.4, 0.5) is 5.82 Å². The van der Waals surface area contributed by atoms with Gasteiger partial charge in [-0.2, -0.15) is 4.99 Å². The van der Waals surface area contributed by atoms with Crippen LogP contribution in [0.15, 0.2) is 47.5 Å². The first-order valence-electron chi connectivity index (χ1n) is 12.7. The summed E-state index contributed by atoms with van der Waals surface area (Å²) in [7, 11) is 0. The third-order valence-corrected chi connectivity index (χ3v) is 7.06. The van der Waals surface area contributed by atoms with Gasteiger partial charge in [-0.15, -0.1) is 0 Å². The van der Waals surface area contributed by atoms with E-state index in [9.17, 15) is 14.7 Å². The van der Waals surface area contributed by atoms with Gasteiger partial charge in [0.1, 0.15) is 17.3 Å². The normalized spacial score (nSPS) is 20.4. The number of quaternary nitrogens is 1. The number of aromatic nitrogens is 1. The van der Waals surface area contributed by atoms with Gasteiger partial charge < -0.3 is 21.1 Å². The standard InChI is InChI=1S/C27H34N6O3/c28-24(19-7-2-1-3-8-19)32-18-31-22-17-27(22,26(35)36)14-16-29-23(34)11-5-4-10-21-13-12-20-9-6-15-30-25(20)33-21/h1-3,7-8,12-13,18,22H,4-6,9-11,14-17H2,(H,29,34)(H,30,33)(H,35,36)(H2,28,31,32)/p+1. The number of aliphatic carboxylic acids is 1. The Balaban J connectivity index is 1.13. The fourth-order valence-corrected chi connectivity index (χ4v) is 4.73. The highest BCUT2D eigenvalue weighted by Gasteiger charge is 2.63. The predicted octanol–water partition coefficient (Wildman–Crippen LogP) is 2.12. The average Bonchev–Trinajstić information content (AvgIpc) is 3.61. The van der Waals surface area contributed by atoms with E-state index in [-0.39, 0.29) is 17.8 Å². The highest BCUT2D eigenvalue weighted by Crippen LogP contribution is 2.46. The SMILES string of the molecule is N=C(N=C[NH2+]C1CC1(CCNC(=O)CCCCc1ccc2c(n1)NCCC2)C(=O)O)c1ccccc1. The van der Waals surface area contributed by atoms with Crippen LogP contribution in [-0.4, -0.2) is 53.3 Å². The van der Waals surface area contributed by atoms with Crippen molar-refractivity contribution in [3.05, 3.63) is 59.3 Å². The van der Waals surface area contributed by atoms with E-state index < -0.39 is 11.4 Å². The van der Waals surface area contributed by atoms with Crippen LogP contribution < -0.4 is 16.0 Å². The molecule has 2 aliphatic rings. The van der Waals surface area contributed by atoms with Crippen LogP contribution in [0.5, 0.6) is 0 Å². The Morgan fingerprint density at radius 1 is 1.25 bits per heavy atom. The summed E-state index contributed by atoms with van der Waals surface area (Å²) in [5, 5.41) is 25.7. The first-order valence-corrected chi connectivity index (χ1v) is 12.7. The van der Waals surface area contributed by atoms with Crippen LogP contribution in [0.2, 0.25) is 0 Å². The Kier molecular flexibility index (Phi) is 8.43. The third kappa shape index (κ3) is 6.54. The maximum atomic E-state index is 12.2. The number of hydrogen-bond acceptors (Lipinski definition) is 5. The fraction of sp³-hybridized carbons (Fsp3) is 0.444. The van der Waals surface area contributed by atoms with Crippen LogP contribution >= 0.6 is 0 Å². The minimum Gasteiger partial charge on any atom is -0.481 e. The van der Waals surface area contributed by atoms with Gasteiger partial charge in [0.05, 0.1) is 0 Å². The number of amidine groups is 1. The smallest absolute Gasteiger partial charge is 0.316 e. The number of pyridine rings is 1. The number of anilines is 1. The zero-order chi connectivity index (χ0) is 25.4. The summed E-state index contributed by atoms with van der Waals surface area (Å²) in [6, 6.07) is 13.3. The van der Waals surface area contributed by atoms with Gasteiger partial charge in [-0.3, -0.25) is 15.0 Å². The lowest BCUT2D eigenvalue weighted by Gasteiger charge is -2.17. The summed E-state index contributed by atoms with van der Waals surface area (Å²) in [5.74, 6) is 0.242. The molecule has 2 atom stereocenters. The number of nitrogens with zero attached hydrogens (tertiary/aromatic N) is 2. The van der Waals surface area contributed by atoms with Gasteiger partial charge in [0.2, 0.25) is 5.91 Å². The van der Waals surface area contributed by atoms with E-state index in [1.807, 2.05) is 30.3 Å². The van der Waals surface area contributed by atoms with E-state index in [4.69, 9.17) is 10.4 Å². The Hall–Kier alpha value is -3.59. The monoisotopic (exact) mass is 491 g/mol. The Morgan fingerprint density at radius 3 is 2.89 bits per heavy atom. The number of rotatable bonds is 12. The number of nitrogens with one attached hydrogen (secondary N) is 3. The highest BCUT2D eigenvalue weighted by atomic mass is 16.4. The van der Waals surface area contributed by atoms with Crippen molar-refractivity contribution in [2.45, 2.75) is 57.4 Å². The van der Waals surface area contributed by atoms with Gasteiger partial charge in [-0.1, -0.05) is 36.4 Å². The highest BCUT2D eigenvalue weighted by molar-refractivity contribution is 5.99. The van der Waals surface area contributed by atoms with Crippen LogP contribution in [0.25, 0.3) is 0 Å². The van der Waals surface area contributed by atoms with Gasteiger partial charge in [-0.05, 0) is 50.2 Å². The lowest BCUT2D eigenvalue weighted by atomic mass is 10.0. The van der Waals surface area contributed by atoms with Gasteiger partial charge in [-0.25, -0.2) is 4.98 Å². The quantitative estimate of drug-likeness (QED) is 0.175. The summed E-state index contributed by atoms with van der Waals surface area (Å²) < 4.78 is 0. The number of benzene rings is 1. The number of unbranched alkanes of at least 4 members (excludes halogenated alkanes) is 1. The van der Waals surface area contributed by atoms with Gasteiger partial charge in [0, 0.05) is 37.2 Å². The Morgan fingerprint density at radius 2 is 2.08 bits per heavy atom. The number of carboxylic acid groups (broad SMARTS) is 1. The first-order chi connectivity index (χ1) is 17.5. The molecule has 0 saturated heterocycles. The molecule has 1 aromatic heterocycles. The second-order valence-corrected chi connectivity index (χ2v) is 9.60. The molecule has 1 aliphatic carbocycles. The van der Waals surface area contributed by atoms with E-state index in [1.165, 1.54) is 11.9 Å². The molecule has 6 N–H and O–H groups in total. The molecular formula is C27H35N6O3+. The molecule has 4 rings (SSSR count). The Labute approximate surface area is 211 Å². The molecule has 9 heteroatoms. The molecule has 2 aromatic rings. The van der Waals surface area contributed by atoms with Crippen molar-refractivity contribution in [2.24, 2.45) is 10.4 Å². The Bertz CT molecular complexity index is 1120. The van der Waals surface area contributed by atoms with Crippen molar-refractivity contribution < 1.29 is 20.0 Å². The van der Waals surface area contributed by atoms with E-state index in [0.717, 1.165) is 50.2 Å². The largest absolute Gasteiger partial charge is 0.481 e. The minimum atomic E-state index is -0.861. The van der Waals surface area contributed by atoms with Crippen molar-refractivity contribution in [1.29, 1.82) is 5.41 Å². The average molecular weight is 492 g/mol. The molecule has 0 bridgehead atoms. The summed E-state index contributed by atoms with van der Waals surface area (Å²) >= 11 is 0. The number of aryl methyl sites for hydroxylation is 2. The van der Waals surface area contributed by atoms with Gasteiger partial charge >= 0.3 is 5.97 Å². The molecule has 1 amide bonds. The summed E-state index contributed by atoms with van der Waals surface area (Å²) in [6.45, 7) is 1.31. The maximum Gasteiger partial charge on any atom is 0.316 e. The lowest BCUT2D eigenvalue weighted by molar-refractivity contribution is -0.551. The van der Waals surface area contributed by atoms with Crippen molar-refractivity contribution in [1.82, 2.24) is 10.3 Å². The van der Waals surface area contributed by atoms with Crippen LogP contribution in [0, 0.1) is 10.8 Å². The molecule has 1 fully saturated rings. The summed E-state index contributed by atoms with van der Waals surface area (Å²) in [6.07, 6.45) is 7.55. The summed E-state index contributed by atoms with van der Waals surface area (Å²) in [5.41, 5.74) is 2.17. The van der Waals surface area contributed by atoms with Crippen molar-refractivity contribution in [3.8, 4) is 0 Å². The summed E-state index contributed by atoms with van der Waals surface area (Å²) in [4.78, 5) is 33.0. The minimum absolute atomic E-state index is 0.0466. The maximum absolute atomic E-state index is 12.2. The van der Waals surface area contributed by atoms with Crippen LogP contribution in [0.1, 0.15) is 55.3 Å². The van der Waals surface area contributed by atoms with Crippen molar-refractivity contribution in [2.75, 3.05) is 18.4 Å². The van der Waals surface area contributed by atoms with Gasteiger partial charge in [0.25, 0.3) is 0 Å². The number of fused-ring (bicyclic) bond motifs is 1. The molecule has 9 nitrogen and oxygen atoms in total. The number of aliphatic imine (C=N–C) groups is 1. The van der Waals surface area contributed by atoms with Crippen LogP contribution in [0.3, 0.4) is 0 Å². The van der Waals surface area contributed by atoms with E-state index >= 15 is 0 Å². The second kappa shape index (κ2) is 11.9. The first kappa shape index (κ1) is 25.5. The molecule has 2 heterocycles. The van der Waals surface area contributed by atoms with E-state index in [0.29, 0.717) is 31.4 Å². The van der Waals surface area contributed by atoms with Crippen molar-refractivity contribution in [3.63, 3.8) is 0 Å². The van der Waals surface area contributed by atoms with E-state index in [1.54, 1.807) is 5.32 Å². The molecule has 1 saturated carbocycles. The predicted molar refractivity (Wildman–Crippen MR) is 138 cm³/mol. The molecule has 0 radical (unpaired) electrons. The molecule has 0 spiro atoms. The molecule has 1 aliphatic heterocycles.